The van der Waals surface area contributed by atoms with Crippen LogP contribution in [0.2, 0.25) is 0 Å². The number of anilines is 2. The second-order valence-electron chi connectivity index (χ2n) is 5.81. The summed E-state index contributed by atoms with van der Waals surface area (Å²) in [7, 11) is 0. The van der Waals surface area contributed by atoms with E-state index in [1.807, 2.05) is 38.1 Å². The van der Waals surface area contributed by atoms with E-state index >= 15 is 0 Å². The molecule has 0 atom stereocenters. The van der Waals surface area contributed by atoms with Crippen LogP contribution in [0.4, 0.5) is 11.4 Å². The number of hydrogen-bond donors (Lipinski definition) is 2. The predicted octanol–water partition coefficient (Wildman–Crippen LogP) is 2.95. The molecule has 0 spiro atoms. The van der Waals surface area contributed by atoms with Gasteiger partial charge in [-0.05, 0) is 38.1 Å². The SMILES string of the molecule is C/C(Nc1ccc(N/C(C)=C2\CCOC2=O)cc1)=C1\CCOC1=O. The van der Waals surface area contributed by atoms with Crippen molar-refractivity contribution >= 4 is 23.3 Å². The van der Waals surface area contributed by atoms with Crippen molar-refractivity contribution in [2.75, 3.05) is 23.8 Å². The van der Waals surface area contributed by atoms with Gasteiger partial charge in [-0.3, -0.25) is 0 Å². The van der Waals surface area contributed by atoms with Crippen LogP contribution in [0.25, 0.3) is 0 Å². The quantitative estimate of drug-likeness (QED) is 0.654. The Morgan fingerprint density at radius 3 is 1.46 bits per heavy atom. The van der Waals surface area contributed by atoms with Crippen LogP contribution < -0.4 is 10.6 Å². The lowest BCUT2D eigenvalue weighted by atomic mass is 10.1. The molecule has 2 heterocycles. The Balaban J connectivity index is 1.68. The number of allylic oxidation sites excluding steroid dienone is 2. The molecular weight excluding hydrogens is 308 g/mol. The zero-order chi connectivity index (χ0) is 17.1. The van der Waals surface area contributed by atoms with Gasteiger partial charge in [-0.15, -0.1) is 0 Å². The lowest BCUT2D eigenvalue weighted by Crippen LogP contribution is -2.06. The van der Waals surface area contributed by atoms with Crippen LogP contribution in [0.5, 0.6) is 0 Å². The molecule has 2 fully saturated rings. The minimum Gasteiger partial charge on any atom is -0.462 e. The summed E-state index contributed by atoms with van der Waals surface area (Å²) in [6, 6.07) is 7.66. The summed E-state index contributed by atoms with van der Waals surface area (Å²) in [6.07, 6.45) is 1.28. The van der Waals surface area contributed by atoms with E-state index in [9.17, 15) is 9.59 Å². The first kappa shape index (κ1) is 16.1. The molecule has 6 nitrogen and oxygen atoms in total. The fraction of sp³-hybridized carbons (Fsp3) is 0.333. The molecule has 2 aliphatic rings. The molecule has 0 unspecified atom stereocenters. The smallest absolute Gasteiger partial charge is 0.335 e. The standard InChI is InChI=1S/C18H20N2O4/c1-11(15-7-9-23-17(15)21)19-13-3-5-14(6-4-13)20-12(2)16-8-10-24-18(16)22/h3-6,19-20H,7-10H2,1-2H3/b15-11-,16-12+. The van der Waals surface area contributed by atoms with Crippen LogP contribution >= 0.6 is 0 Å². The van der Waals surface area contributed by atoms with Gasteiger partial charge in [-0.2, -0.15) is 0 Å². The second kappa shape index (κ2) is 6.78. The van der Waals surface area contributed by atoms with Crippen LogP contribution in [0.1, 0.15) is 26.7 Å². The summed E-state index contributed by atoms with van der Waals surface area (Å²) in [5, 5.41) is 6.44. The summed E-state index contributed by atoms with van der Waals surface area (Å²) in [5.41, 5.74) is 4.78. The van der Waals surface area contributed by atoms with Gasteiger partial charge >= 0.3 is 11.9 Å². The monoisotopic (exact) mass is 328 g/mol. The number of carbonyl (C=O) groups is 2. The number of benzene rings is 1. The largest absolute Gasteiger partial charge is 0.462 e. The number of rotatable bonds is 4. The van der Waals surface area contributed by atoms with Gasteiger partial charge in [0.15, 0.2) is 0 Å². The molecule has 126 valence electrons. The Bertz CT molecular complexity index is 669. The highest BCUT2D eigenvalue weighted by molar-refractivity contribution is 5.92. The van der Waals surface area contributed by atoms with Crippen molar-refractivity contribution in [3.63, 3.8) is 0 Å². The Kier molecular flexibility index (Phi) is 4.55. The molecule has 2 N–H and O–H groups in total. The van der Waals surface area contributed by atoms with Crippen molar-refractivity contribution in [3.05, 3.63) is 46.8 Å². The van der Waals surface area contributed by atoms with E-state index in [1.165, 1.54) is 0 Å². The zero-order valence-corrected chi connectivity index (χ0v) is 13.8. The number of esters is 2. The fourth-order valence-corrected chi connectivity index (χ4v) is 2.77. The Labute approximate surface area is 140 Å². The number of carbonyl (C=O) groups excluding carboxylic acids is 2. The van der Waals surface area contributed by atoms with Gasteiger partial charge < -0.3 is 20.1 Å². The summed E-state index contributed by atoms with van der Waals surface area (Å²) >= 11 is 0. The molecule has 0 aliphatic carbocycles. The molecule has 2 aliphatic heterocycles. The molecule has 1 aromatic carbocycles. The van der Waals surface area contributed by atoms with Gasteiger partial charge in [0, 0.05) is 35.6 Å². The lowest BCUT2D eigenvalue weighted by molar-refractivity contribution is -0.136. The maximum Gasteiger partial charge on any atom is 0.335 e. The van der Waals surface area contributed by atoms with Gasteiger partial charge in [-0.1, -0.05) is 0 Å². The molecule has 6 heteroatoms. The van der Waals surface area contributed by atoms with Crippen LogP contribution in [-0.4, -0.2) is 25.2 Å². The van der Waals surface area contributed by atoms with Crippen molar-refractivity contribution in [2.45, 2.75) is 26.7 Å². The molecule has 0 amide bonds. The first-order valence-corrected chi connectivity index (χ1v) is 7.92. The van der Waals surface area contributed by atoms with Gasteiger partial charge in [0.25, 0.3) is 0 Å². The molecule has 0 radical (unpaired) electrons. The molecule has 0 saturated carbocycles. The molecule has 1 aromatic rings. The highest BCUT2D eigenvalue weighted by Gasteiger charge is 2.22. The molecule has 2 saturated heterocycles. The molecule has 3 rings (SSSR count). The van der Waals surface area contributed by atoms with Gasteiger partial charge in [0.2, 0.25) is 0 Å². The zero-order valence-electron chi connectivity index (χ0n) is 13.8. The average molecular weight is 328 g/mol. The van der Waals surface area contributed by atoms with Crippen LogP contribution in [-0.2, 0) is 19.1 Å². The van der Waals surface area contributed by atoms with E-state index in [4.69, 9.17) is 9.47 Å². The van der Waals surface area contributed by atoms with Crippen molar-refractivity contribution in [1.29, 1.82) is 0 Å². The number of hydrogen-bond acceptors (Lipinski definition) is 6. The Morgan fingerprint density at radius 1 is 0.792 bits per heavy atom. The normalized spacial score (nSPS) is 21.2. The van der Waals surface area contributed by atoms with Crippen molar-refractivity contribution in [1.82, 2.24) is 0 Å². The minimum atomic E-state index is -0.246. The average Bonchev–Trinajstić information content (AvgIpc) is 3.17. The number of nitrogens with one attached hydrogen (secondary N) is 2. The first-order valence-electron chi connectivity index (χ1n) is 7.92. The van der Waals surface area contributed by atoms with Crippen LogP contribution in [0, 0.1) is 0 Å². The highest BCUT2D eigenvalue weighted by atomic mass is 16.5. The molecule has 0 bridgehead atoms. The van der Waals surface area contributed by atoms with E-state index in [0.717, 1.165) is 22.8 Å². The summed E-state index contributed by atoms with van der Waals surface area (Å²) in [5.74, 6) is -0.493. The van der Waals surface area contributed by atoms with Crippen LogP contribution in [0.15, 0.2) is 46.8 Å². The molecule has 0 aromatic heterocycles. The van der Waals surface area contributed by atoms with Crippen molar-refractivity contribution in [2.24, 2.45) is 0 Å². The fourth-order valence-electron chi connectivity index (χ4n) is 2.77. The van der Waals surface area contributed by atoms with E-state index in [1.54, 1.807) is 0 Å². The van der Waals surface area contributed by atoms with E-state index in [2.05, 4.69) is 10.6 Å². The number of cyclic esters (lactones) is 2. The van der Waals surface area contributed by atoms with E-state index in [0.29, 0.717) is 37.2 Å². The molecule has 24 heavy (non-hydrogen) atoms. The third-order valence-corrected chi connectivity index (χ3v) is 4.12. The van der Waals surface area contributed by atoms with Gasteiger partial charge in [-0.25, -0.2) is 9.59 Å². The van der Waals surface area contributed by atoms with Crippen molar-refractivity contribution < 1.29 is 19.1 Å². The van der Waals surface area contributed by atoms with Crippen molar-refractivity contribution in [3.8, 4) is 0 Å². The lowest BCUT2D eigenvalue weighted by Gasteiger charge is -2.11. The maximum absolute atomic E-state index is 11.6. The van der Waals surface area contributed by atoms with Crippen LogP contribution in [0.3, 0.4) is 0 Å². The molecular formula is C18H20N2O4. The van der Waals surface area contributed by atoms with E-state index in [-0.39, 0.29) is 11.9 Å². The van der Waals surface area contributed by atoms with Gasteiger partial charge in [0.1, 0.15) is 0 Å². The highest BCUT2D eigenvalue weighted by Crippen LogP contribution is 2.23. The maximum atomic E-state index is 11.6. The first-order chi connectivity index (χ1) is 11.5. The topological polar surface area (TPSA) is 76.7 Å². The Morgan fingerprint density at radius 2 is 1.17 bits per heavy atom. The second-order valence-corrected chi connectivity index (χ2v) is 5.81. The summed E-state index contributed by atoms with van der Waals surface area (Å²) in [4.78, 5) is 23.1. The minimum absolute atomic E-state index is 0.246. The number of ether oxygens (including phenoxy) is 2. The predicted molar refractivity (Wildman–Crippen MR) is 90.2 cm³/mol. The summed E-state index contributed by atoms with van der Waals surface area (Å²) < 4.78 is 9.91. The third kappa shape index (κ3) is 3.42. The van der Waals surface area contributed by atoms with Gasteiger partial charge in [0.05, 0.1) is 24.4 Å². The summed E-state index contributed by atoms with van der Waals surface area (Å²) in [6.45, 7) is 4.64. The Hall–Kier alpha value is -2.76. The van der Waals surface area contributed by atoms with E-state index < -0.39 is 0 Å². The third-order valence-electron chi connectivity index (χ3n) is 4.12.